The number of benzene rings is 1. The van der Waals surface area contributed by atoms with Crippen molar-refractivity contribution in [2.75, 3.05) is 6.61 Å². The second-order valence-corrected chi connectivity index (χ2v) is 6.22. The van der Waals surface area contributed by atoms with Crippen LogP contribution in [0.15, 0.2) is 24.3 Å². The lowest BCUT2D eigenvalue weighted by atomic mass is 10.00. The molecule has 0 spiro atoms. The van der Waals surface area contributed by atoms with Gasteiger partial charge < -0.3 is 9.47 Å². The molecular weight excluding hydrogens is 284 g/mol. The van der Waals surface area contributed by atoms with Gasteiger partial charge >= 0.3 is 10.4 Å². The predicted molar refractivity (Wildman–Crippen MR) is 71.5 cm³/mol. The van der Waals surface area contributed by atoms with Crippen molar-refractivity contribution in [3.63, 3.8) is 0 Å². The van der Waals surface area contributed by atoms with Crippen molar-refractivity contribution in [3.8, 4) is 0 Å². The fourth-order valence-electron chi connectivity index (χ4n) is 2.22. The van der Waals surface area contributed by atoms with E-state index in [1.807, 2.05) is 19.1 Å². The zero-order valence-corrected chi connectivity index (χ0v) is 12.4. The van der Waals surface area contributed by atoms with Gasteiger partial charge in [0.2, 0.25) is 0 Å². The summed E-state index contributed by atoms with van der Waals surface area (Å²) in [7, 11) is -4.60. The van der Waals surface area contributed by atoms with Crippen LogP contribution in [-0.2, 0) is 24.1 Å². The molecule has 2 unspecified atom stereocenters. The monoisotopic (exact) mass is 302 g/mol. The zero-order chi connectivity index (χ0) is 15.0. The quantitative estimate of drug-likeness (QED) is 0.857. The lowest BCUT2D eigenvalue weighted by Gasteiger charge is -2.24. The molecule has 1 heterocycles. The van der Waals surface area contributed by atoms with E-state index >= 15 is 0 Å². The van der Waals surface area contributed by atoms with Gasteiger partial charge in [-0.1, -0.05) is 24.3 Å². The van der Waals surface area contributed by atoms with Crippen LogP contribution < -0.4 is 0 Å². The molecule has 20 heavy (non-hydrogen) atoms. The number of aryl methyl sites for hydroxylation is 1. The van der Waals surface area contributed by atoms with E-state index in [1.54, 1.807) is 26.0 Å². The first kappa shape index (κ1) is 15.4. The molecule has 1 N–H and O–H groups in total. The molecule has 7 heteroatoms. The first-order valence-corrected chi connectivity index (χ1v) is 7.57. The highest BCUT2D eigenvalue weighted by Gasteiger charge is 2.40. The van der Waals surface area contributed by atoms with Gasteiger partial charge in [-0.15, -0.1) is 0 Å². The summed E-state index contributed by atoms with van der Waals surface area (Å²) in [5.41, 5.74) is 1.48. The average molecular weight is 302 g/mol. The summed E-state index contributed by atoms with van der Waals surface area (Å²) in [5.74, 6) is -0.811. The lowest BCUT2D eigenvalue weighted by molar-refractivity contribution is -0.149. The molecule has 1 aliphatic rings. The van der Waals surface area contributed by atoms with Crippen LogP contribution in [0.2, 0.25) is 0 Å². The second-order valence-electron chi connectivity index (χ2n) is 5.17. The number of hydrogen-bond acceptors (Lipinski definition) is 5. The van der Waals surface area contributed by atoms with E-state index < -0.39 is 28.4 Å². The largest absolute Gasteiger partial charge is 0.398 e. The molecule has 2 atom stereocenters. The van der Waals surface area contributed by atoms with Gasteiger partial charge in [-0.2, -0.15) is 8.42 Å². The van der Waals surface area contributed by atoms with Gasteiger partial charge in [-0.3, -0.25) is 4.55 Å². The normalized spacial score (nSPS) is 23.7. The molecule has 0 amide bonds. The molecule has 0 aliphatic carbocycles. The molecule has 0 bridgehead atoms. The van der Waals surface area contributed by atoms with E-state index in [2.05, 4.69) is 0 Å². The fraction of sp³-hybridized carbons (Fsp3) is 0.538. The standard InChI is InChI=1S/C13H18O6S/c1-9-6-4-5-7-10(9)12(19-20(14,15)16)11-8-17-13(2,3)18-11/h4-7,11-12H,8H2,1-3H3,(H,14,15,16). The minimum Gasteiger partial charge on any atom is -0.348 e. The third-order valence-electron chi connectivity index (χ3n) is 3.09. The molecule has 0 radical (unpaired) electrons. The van der Waals surface area contributed by atoms with Crippen molar-refractivity contribution in [2.45, 2.75) is 38.8 Å². The average Bonchev–Trinajstić information content (AvgIpc) is 2.66. The lowest BCUT2D eigenvalue weighted by Crippen LogP contribution is -2.29. The van der Waals surface area contributed by atoms with Crippen molar-refractivity contribution in [1.29, 1.82) is 0 Å². The number of hydrogen-bond donors (Lipinski definition) is 1. The summed E-state index contributed by atoms with van der Waals surface area (Å²) in [6.07, 6.45) is -1.57. The van der Waals surface area contributed by atoms with E-state index in [9.17, 15) is 8.42 Å². The number of rotatable bonds is 4. The third-order valence-corrected chi connectivity index (χ3v) is 3.54. The van der Waals surface area contributed by atoms with E-state index in [0.29, 0.717) is 5.56 Å². The Bertz CT molecular complexity index is 580. The summed E-state index contributed by atoms with van der Waals surface area (Å²) in [5, 5.41) is 0. The first-order chi connectivity index (χ1) is 9.18. The van der Waals surface area contributed by atoms with Crippen molar-refractivity contribution >= 4 is 10.4 Å². The Labute approximate surface area is 118 Å². The van der Waals surface area contributed by atoms with Gasteiger partial charge in [0.15, 0.2) is 5.79 Å². The van der Waals surface area contributed by atoms with E-state index in [1.165, 1.54) is 0 Å². The molecule has 1 fully saturated rings. The molecule has 112 valence electrons. The van der Waals surface area contributed by atoms with Crippen LogP contribution in [0.3, 0.4) is 0 Å². The Balaban J connectivity index is 2.34. The summed E-state index contributed by atoms with van der Waals surface area (Å²) in [6.45, 7) is 5.48. The maximum atomic E-state index is 11.1. The zero-order valence-electron chi connectivity index (χ0n) is 11.6. The fourth-order valence-corrected chi connectivity index (χ4v) is 2.71. The van der Waals surface area contributed by atoms with Crippen molar-refractivity contribution in [3.05, 3.63) is 35.4 Å². The van der Waals surface area contributed by atoms with E-state index in [0.717, 1.165) is 5.56 Å². The molecule has 1 aromatic carbocycles. The maximum Gasteiger partial charge on any atom is 0.398 e. The molecule has 0 aromatic heterocycles. The smallest absolute Gasteiger partial charge is 0.348 e. The van der Waals surface area contributed by atoms with Gasteiger partial charge in [0, 0.05) is 0 Å². The highest BCUT2D eigenvalue weighted by molar-refractivity contribution is 7.80. The molecule has 0 saturated carbocycles. The SMILES string of the molecule is Cc1ccccc1C(OS(=O)(=O)O)C1COC(C)(C)O1. The second kappa shape index (κ2) is 5.42. The molecule has 6 nitrogen and oxygen atoms in total. The Morgan fingerprint density at radius 1 is 1.40 bits per heavy atom. The van der Waals surface area contributed by atoms with Crippen molar-refractivity contribution < 1.29 is 26.6 Å². The Morgan fingerprint density at radius 2 is 2.05 bits per heavy atom. The van der Waals surface area contributed by atoms with Gasteiger partial charge in [0.1, 0.15) is 12.2 Å². The summed E-state index contributed by atoms with van der Waals surface area (Å²) in [4.78, 5) is 0. The molecule has 1 aromatic rings. The predicted octanol–water partition coefficient (Wildman–Crippen LogP) is 2.01. The van der Waals surface area contributed by atoms with Crippen molar-refractivity contribution in [1.82, 2.24) is 0 Å². The van der Waals surface area contributed by atoms with Crippen LogP contribution in [0.25, 0.3) is 0 Å². The summed E-state index contributed by atoms with van der Waals surface area (Å²) >= 11 is 0. The molecular formula is C13H18O6S. The van der Waals surface area contributed by atoms with Crippen LogP contribution in [0.5, 0.6) is 0 Å². The first-order valence-electron chi connectivity index (χ1n) is 6.21. The maximum absolute atomic E-state index is 11.1. The highest BCUT2D eigenvalue weighted by atomic mass is 32.3. The minimum atomic E-state index is -4.60. The molecule has 1 aliphatic heterocycles. The van der Waals surface area contributed by atoms with Crippen molar-refractivity contribution in [2.24, 2.45) is 0 Å². The van der Waals surface area contributed by atoms with Gasteiger partial charge in [-0.25, -0.2) is 4.18 Å². The highest BCUT2D eigenvalue weighted by Crippen LogP contribution is 2.35. The van der Waals surface area contributed by atoms with Crippen LogP contribution in [-0.4, -0.2) is 31.5 Å². The summed E-state index contributed by atoms with van der Waals surface area (Å²) < 4.78 is 47.0. The summed E-state index contributed by atoms with van der Waals surface area (Å²) in [6, 6.07) is 7.17. The third kappa shape index (κ3) is 3.77. The van der Waals surface area contributed by atoms with Gasteiger partial charge in [-0.05, 0) is 31.9 Å². The molecule has 1 saturated heterocycles. The van der Waals surface area contributed by atoms with Crippen LogP contribution in [0, 0.1) is 6.92 Å². The Hall–Kier alpha value is -0.990. The van der Waals surface area contributed by atoms with Crippen LogP contribution in [0.1, 0.15) is 31.1 Å². The van der Waals surface area contributed by atoms with E-state index in [4.69, 9.17) is 18.2 Å². The van der Waals surface area contributed by atoms with Gasteiger partial charge in [0.05, 0.1) is 6.61 Å². The van der Waals surface area contributed by atoms with Gasteiger partial charge in [0.25, 0.3) is 0 Å². The Kier molecular flexibility index (Phi) is 4.17. The molecule has 2 rings (SSSR count). The van der Waals surface area contributed by atoms with E-state index in [-0.39, 0.29) is 6.61 Å². The Morgan fingerprint density at radius 3 is 2.55 bits per heavy atom. The van der Waals surface area contributed by atoms with Crippen LogP contribution in [0.4, 0.5) is 0 Å². The topological polar surface area (TPSA) is 82.1 Å². The van der Waals surface area contributed by atoms with Crippen LogP contribution >= 0.6 is 0 Å². The number of ether oxygens (including phenoxy) is 2. The minimum absolute atomic E-state index is 0.182.